The zero-order valence-electron chi connectivity index (χ0n) is 12.2. The van der Waals surface area contributed by atoms with E-state index in [2.05, 4.69) is 10.1 Å². The van der Waals surface area contributed by atoms with Crippen molar-refractivity contribution in [2.45, 2.75) is 6.04 Å². The highest BCUT2D eigenvalue weighted by atomic mass is 32.2. The zero-order chi connectivity index (χ0) is 15.7. The van der Waals surface area contributed by atoms with Gasteiger partial charge in [0, 0.05) is 20.6 Å². The van der Waals surface area contributed by atoms with Crippen LogP contribution in [0.1, 0.15) is 11.9 Å². The van der Waals surface area contributed by atoms with E-state index in [0.29, 0.717) is 12.4 Å². The van der Waals surface area contributed by atoms with E-state index < -0.39 is 16.3 Å². The molecule has 2 aromatic heterocycles. The Hall–Kier alpha value is -1.33. The molecular formula is C12H16N4O4S2. The Kier molecular flexibility index (Phi) is 4.28. The molecule has 8 nitrogen and oxygen atoms in total. The summed E-state index contributed by atoms with van der Waals surface area (Å²) < 4.78 is 38.0. The summed E-state index contributed by atoms with van der Waals surface area (Å²) in [5, 5.41) is 5.84. The highest BCUT2D eigenvalue weighted by Gasteiger charge is 2.38. The summed E-state index contributed by atoms with van der Waals surface area (Å²) in [7, 11) is -0.595. The average molecular weight is 344 g/mol. The van der Waals surface area contributed by atoms with Crippen molar-refractivity contribution < 1.29 is 17.7 Å². The number of aromatic nitrogens is 2. The van der Waals surface area contributed by atoms with Gasteiger partial charge < -0.3 is 9.26 Å². The number of ether oxygens (including phenoxy) is 1. The lowest BCUT2D eigenvalue weighted by molar-refractivity contribution is 0.0182. The van der Waals surface area contributed by atoms with Gasteiger partial charge in [0.05, 0.1) is 18.1 Å². The van der Waals surface area contributed by atoms with Gasteiger partial charge in [-0.05, 0) is 11.4 Å². The minimum atomic E-state index is -3.58. The van der Waals surface area contributed by atoms with Crippen LogP contribution in [0.15, 0.2) is 22.0 Å². The van der Waals surface area contributed by atoms with Gasteiger partial charge in [0.2, 0.25) is 11.7 Å². The molecule has 10 heteroatoms. The third-order valence-electron chi connectivity index (χ3n) is 3.31. The maximum Gasteiger partial charge on any atom is 0.282 e. The molecule has 120 valence electrons. The first-order valence-electron chi connectivity index (χ1n) is 6.64. The van der Waals surface area contributed by atoms with Crippen molar-refractivity contribution in [1.82, 2.24) is 18.8 Å². The van der Waals surface area contributed by atoms with Gasteiger partial charge in [0.1, 0.15) is 6.04 Å². The summed E-state index contributed by atoms with van der Waals surface area (Å²) in [5.74, 6) is 0.700. The quantitative estimate of drug-likeness (QED) is 0.821. The first kappa shape index (κ1) is 15.6. The van der Waals surface area contributed by atoms with Crippen molar-refractivity contribution in [3.8, 4) is 10.7 Å². The van der Waals surface area contributed by atoms with Crippen molar-refractivity contribution in [2.75, 3.05) is 33.9 Å². The van der Waals surface area contributed by atoms with Crippen molar-refractivity contribution in [1.29, 1.82) is 0 Å². The predicted octanol–water partition coefficient (Wildman–Crippen LogP) is 0.978. The normalized spacial score (nSPS) is 20.6. The highest BCUT2D eigenvalue weighted by molar-refractivity contribution is 7.86. The fraction of sp³-hybridized carbons (Fsp3) is 0.500. The molecule has 22 heavy (non-hydrogen) atoms. The predicted molar refractivity (Wildman–Crippen MR) is 80.5 cm³/mol. The number of hydrogen-bond donors (Lipinski definition) is 0. The van der Waals surface area contributed by atoms with Crippen LogP contribution < -0.4 is 0 Å². The second-order valence-electron chi connectivity index (χ2n) is 4.93. The molecule has 3 rings (SSSR count). The first-order valence-corrected chi connectivity index (χ1v) is 8.92. The molecular weight excluding hydrogens is 328 g/mol. The third-order valence-corrected chi connectivity index (χ3v) is 6.12. The smallest absolute Gasteiger partial charge is 0.282 e. The van der Waals surface area contributed by atoms with E-state index in [1.165, 1.54) is 34.0 Å². The Morgan fingerprint density at radius 2 is 2.27 bits per heavy atom. The van der Waals surface area contributed by atoms with Crippen LogP contribution in [0, 0.1) is 0 Å². The zero-order valence-corrected chi connectivity index (χ0v) is 13.8. The summed E-state index contributed by atoms with van der Waals surface area (Å²) >= 11 is 1.49. The van der Waals surface area contributed by atoms with E-state index >= 15 is 0 Å². The number of rotatable bonds is 4. The summed E-state index contributed by atoms with van der Waals surface area (Å²) in [4.78, 5) is 5.20. The SMILES string of the molecule is CN(C)S(=O)(=O)N1CCOC[C@H]1c1nc(-c2cccs2)no1. The van der Waals surface area contributed by atoms with Gasteiger partial charge in [-0.2, -0.15) is 22.0 Å². The maximum absolute atomic E-state index is 12.4. The van der Waals surface area contributed by atoms with Crippen LogP contribution in [0.5, 0.6) is 0 Å². The minimum absolute atomic E-state index is 0.194. The molecule has 0 saturated carbocycles. The van der Waals surface area contributed by atoms with E-state index in [-0.39, 0.29) is 19.0 Å². The summed E-state index contributed by atoms with van der Waals surface area (Å²) in [5.41, 5.74) is 0. The van der Waals surface area contributed by atoms with E-state index in [9.17, 15) is 8.42 Å². The fourth-order valence-corrected chi connectivity index (χ4v) is 3.99. The van der Waals surface area contributed by atoms with Crippen molar-refractivity contribution >= 4 is 21.5 Å². The van der Waals surface area contributed by atoms with Crippen LogP contribution in [-0.2, 0) is 14.9 Å². The van der Waals surface area contributed by atoms with Crippen LogP contribution in [-0.4, -0.2) is 61.0 Å². The van der Waals surface area contributed by atoms with Gasteiger partial charge in [0.25, 0.3) is 10.2 Å². The molecule has 1 fully saturated rings. The molecule has 0 N–H and O–H groups in total. The van der Waals surface area contributed by atoms with Crippen molar-refractivity contribution in [3.63, 3.8) is 0 Å². The summed E-state index contributed by atoms with van der Waals surface area (Å²) in [6, 6.07) is 3.16. The molecule has 0 unspecified atom stereocenters. The van der Waals surface area contributed by atoms with Gasteiger partial charge in [-0.15, -0.1) is 11.3 Å². The second kappa shape index (κ2) is 6.05. The Bertz CT molecular complexity index is 726. The largest absolute Gasteiger partial charge is 0.378 e. The second-order valence-corrected chi connectivity index (χ2v) is 7.97. The molecule has 1 aliphatic rings. The van der Waals surface area contributed by atoms with Gasteiger partial charge in [-0.25, -0.2) is 0 Å². The first-order chi connectivity index (χ1) is 10.5. The monoisotopic (exact) mass is 344 g/mol. The van der Waals surface area contributed by atoms with Gasteiger partial charge in [-0.3, -0.25) is 0 Å². The molecule has 0 radical (unpaired) electrons. The molecule has 0 bridgehead atoms. The number of thiophene rings is 1. The van der Waals surface area contributed by atoms with Gasteiger partial charge in [-0.1, -0.05) is 11.2 Å². The maximum atomic E-state index is 12.4. The molecule has 1 saturated heterocycles. The van der Waals surface area contributed by atoms with E-state index in [1.54, 1.807) is 0 Å². The summed E-state index contributed by atoms with van der Waals surface area (Å²) in [6.07, 6.45) is 0. The Labute approximate surface area is 132 Å². The lowest BCUT2D eigenvalue weighted by Gasteiger charge is -2.33. The van der Waals surface area contributed by atoms with Crippen molar-refractivity contribution in [3.05, 3.63) is 23.4 Å². The molecule has 1 aliphatic heterocycles. The molecule has 3 heterocycles. The number of nitrogens with zero attached hydrogens (tertiary/aromatic N) is 4. The van der Waals surface area contributed by atoms with Gasteiger partial charge >= 0.3 is 0 Å². The standard InChI is InChI=1S/C12H16N4O4S2/c1-15(2)22(17,18)16-5-6-19-8-9(16)12-13-11(14-20-12)10-4-3-7-21-10/h3-4,7,9H,5-6,8H2,1-2H3/t9-/m0/s1. The van der Waals surface area contributed by atoms with Crippen LogP contribution in [0.4, 0.5) is 0 Å². The molecule has 0 spiro atoms. The lowest BCUT2D eigenvalue weighted by atomic mass is 10.3. The topological polar surface area (TPSA) is 88.8 Å². The Morgan fingerprint density at radius 1 is 1.45 bits per heavy atom. The Balaban J connectivity index is 1.92. The Morgan fingerprint density at radius 3 is 2.95 bits per heavy atom. The molecule has 0 aromatic carbocycles. The van der Waals surface area contributed by atoms with Crippen LogP contribution in [0.2, 0.25) is 0 Å². The van der Waals surface area contributed by atoms with Gasteiger partial charge in [0.15, 0.2) is 0 Å². The van der Waals surface area contributed by atoms with E-state index in [4.69, 9.17) is 9.26 Å². The highest BCUT2D eigenvalue weighted by Crippen LogP contribution is 2.29. The molecule has 1 atom stereocenters. The lowest BCUT2D eigenvalue weighted by Crippen LogP contribution is -2.48. The number of hydrogen-bond acceptors (Lipinski definition) is 7. The third kappa shape index (κ3) is 2.79. The molecule has 0 aliphatic carbocycles. The van der Waals surface area contributed by atoms with Crippen LogP contribution in [0.25, 0.3) is 10.7 Å². The van der Waals surface area contributed by atoms with E-state index in [1.807, 2.05) is 17.5 Å². The van der Waals surface area contributed by atoms with E-state index in [0.717, 1.165) is 4.88 Å². The van der Waals surface area contributed by atoms with Crippen molar-refractivity contribution in [2.24, 2.45) is 0 Å². The molecule has 2 aromatic rings. The fourth-order valence-electron chi connectivity index (χ4n) is 2.15. The number of morpholine rings is 1. The summed E-state index contributed by atoms with van der Waals surface area (Å²) in [6.45, 7) is 0.788. The molecule has 0 amide bonds. The average Bonchev–Trinajstić information content (AvgIpc) is 3.18. The van der Waals surface area contributed by atoms with Crippen LogP contribution in [0.3, 0.4) is 0 Å². The minimum Gasteiger partial charge on any atom is -0.378 e. The van der Waals surface area contributed by atoms with Crippen LogP contribution >= 0.6 is 11.3 Å².